The van der Waals surface area contributed by atoms with Crippen molar-refractivity contribution in [2.75, 3.05) is 13.1 Å². The third kappa shape index (κ3) is 4.23. The van der Waals surface area contributed by atoms with Crippen LogP contribution < -0.4 is 5.73 Å². The predicted molar refractivity (Wildman–Crippen MR) is 52.8 cm³/mol. The molecule has 0 spiro atoms. The summed E-state index contributed by atoms with van der Waals surface area (Å²) in [6, 6.07) is -0.600. The number of nitrogens with two attached hydrogens (primary N) is 1. The molecule has 14 heavy (non-hydrogen) atoms. The Labute approximate surface area is 83.9 Å². The maximum absolute atomic E-state index is 10.9. The van der Waals surface area contributed by atoms with E-state index in [2.05, 4.69) is 0 Å². The second-order valence-corrected chi connectivity index (χ2v) is 3.08. The largest absolute Gasteiger partial charge is 0.480 e. The van der Waals surface area contributed by atoms with Gasteiger partial charge in [0.2, 0.25) is 5.91 Å². The van der Waals surface area contributed by atoms with Crippen molar-refractivity contribution in [3.05, 3.63) is 0 Å². The average Bonchev–Trinajstić information content (AvgIpc) is 2.11. The van der Waals surface area contributed by atoms with Gasteiger partial charge < -0.3 is 10.8 Å². The minimum Gasteiger partial charge on any atom is -0.480 e. The van der Waals surface area contributed by atoms with Crippen LogP contribution in [0.1, 0.15) is 26.7 Å². The molecule has 0 radical (unpaired) electrons. The highest BCUT2D eigenvalue weighted by Gasteiger charge is 2.23. The van der Waals surface area contributed by atoms with Crippen LogP contribution in [0.4, 0.5) is 0 Å². The van der Waals surface area contributed by atoms with E-state index in [1.807, 2.05) is 13.8 Å². The third-order valence-corrected chi connectivity index (χ3v) is 2.20. The van der Waals surface area contributed by atoms with E-state index >= 15 is 0 Å². The molecule has 0 bridgehead atoms. The minimum atomic E-state index is -0.894. The molecule has 0 aliphatic heterocycles. The van der Waals surface area contributed by atoms with Gasteiger partial charge in [-0.3, -0.25) is 14.5 Å². The summed E-state index contributed by atoms with van der Waals surface area (Å²) in [5, 5.41) is 8.92. The van der Waals surface area contributed by atoms with Crippen LogP contribution in [0.15, 0.2) is 0 Å². The first-order valence-corrected chi connectivity index (χ1v) is 4.78. The van der Waals surface area contributed by atoms with Gasteiger partial charge in [-0.05, 0) is 19.5 Å². The van der Waals surface area contributed by atoms with E-state index in [1.54, 1.807) is 4.90 Å². The minimum absolute atomic E-state index is 0.119. The van der Waals surface area contributed by atoms with Gasteiger partial charge in [0.05, 0.1) is 0 Å². The Hall–Kier alpha value is -1.10. The van der Waals surface area contributed by atoms with Gasteiger partial charge in [-0.2, -0.15) is 0 Å². The number of rotatable bonds is 7. The van der Waals surface area contributed by atoms with Gasteiger partial charge in [0.15, 0.2) is 0 Å². The quantitative estimate of drug-likeness (QED) is 0.611. The molecule has 1 atom stereocenters. The van der Waals surface area contributed by atoms with Crippen molar-refractivity contribution in [1.29, 1.82) is 0 Å². The van der Waals surface area contributed by atoms with E-state index in [9.17, 15) is 9.59 Å². The average molecular weight is 202 g/mol. The molecule has 82 valence electrons. The van der Waals surface area contributed by atoms with Crippen LogP contribution in [0.5, 0.6) is 0 Å². The van der Waals surface area contributed by atoms with Gasteiger partial charge in [0, 0.05) is 6.42 Å². The molecule has 0 rings (SSSR count). The van der Waals surface area contributed by atoms with Crippen LogP contribution in [0.2, 0.25) is 0 Å². The molecule has 0 fully saturated rings. The molecule has 3 N–H and O–H groups in total. The number of carboxylic acid groups (broad SMARTS) is 1. The highest BCUT2D eigenvalue weighted by molar-refractivity contribution is 5.77. The van der Waals surface area contributed by atoms with Crippen LogP contribution in [0, 0.1) is 0 Å². The fraction of sp³-hybridized carbons (Fsp3) is 0.778. The summed E-state index contributed by atoms with van der Waals surface area (Å²) in [7, 11) is 0. The number of likely N-dealkylation sites (N-methyl/N-ethyl adjacent to an activating group) is 1. The number of hydrogen-bond acceptors (Lipinski definition) is 3. The van der Waals surface area contributed by atoms with Crippen LogP contribution in [-0.4, -0.2) is 41.0 Å². The van der Waals surface area contributed by atoms with Crippen LogP contribution in [0.25, 0.3) is 0 Å². The smallest absolute Gasteiger partial charge is 0.320 e. The summed E-state index contributed by atoms with van der Waals surface area (Å²) in [6.07, 6.45) is 0.403. The third-order valence-electron chi connectivity index (χ3n) is 2.20. The Morgan fingerprint density at radius 2 is 1.86 bits per heavy atom. The Balaban J connectivity index is 4.27. The molecule has 5 heteroatoms. The Kier molecular flexibility index (Phi) is 5.87. The highest BCUT2D eigenvalue weighted by atomic mass is 16.4. The van der Waals surface area contributed by atoms with Crippen molar-refractivity contribution in [2.45, 2.75) is 32.7 Å². The zero-order valence-corrected chi connectivity index (χ0v) is 8.69. The molecule has 0 heterocycles. The number of hydrogen-bond donors (Lipinski definition) is 2. The second kappa shape index (κ2) is 6.37. The van der Waals surface area contributed by atoms with Gasteiger partial charge in [0.25, 0.3) is 0 Å². The Bertz CT molecular complexity index is 202. The number of carboxylic acids is 1. The number of carbonyl (C=O) groups excluding carboxylic acids is 1. The van der Waals surface area contributed by atoms with Gasteiger partial charge in [-0.1, -0.05) is 13.8 Å². The molecule has 5 nitrogen and oxygen atoms in total. The fourth-order valence-electron chi connectivity index (χ4n) is 1.41. The topological polar surface area (TPSA) is 83.6 Å². The normalized spacial score (nSPS) is 12.8. The summed E-state index contributed by atoms with van der Waals surface area (Å²) in [5.74, 6) is -1.35. The van der Waals surface area contributed by atoms with Crippen LogP contribution >= 0.6 is 0 Å². The van der Waals surface area contributed by atoms with Crippen molar-refractivity contribution in [1.82, 2.24) is 4.90 Å². The van der Waals surface area contributed by atoms with Gasteiger partial charge >= 0.3 is 5.97 Å². The standard InChI is InChI=1S/C9H18N2O3/c1-3-11(4-2)7(9(13)14)5-6-8(10)12/h7H,3-6H2,1-2H3,(H2,10,12)(H,13,14)/t7-/m0/s1. The summed E-state index contributed by atoms with van der Waals surface area (Å²) >= 11 is 0. The first-order chi connectivity index (χ1) is 6.52. The Morgan fingerprint density at radius 1 is 1.36 bits per heavy atom. The van der Waals surface area contributed by atoms with Crippen LogP contribution in [0.3, 0.4) is 0 Å². The highest BCUT2D eigenvalue weighted by Crippen LogP contribution is 2.06. The van der Waals surface area contributed by atoms with Crippen molar-refractivity contribution < 1.29 is 14.7 Å². The number of primary amides is 1. The molecule has 0 saturated heterocycles. The molecule has 0 aromatic heterocycles. The maximum Gasteiger partial charge on any atom is 0.320 e. The molecular weight excluding hydrogens is 184 g/mol. The lowest BCUT2D eigenvalue weighted by Crippen LogP contribution is -2.41. The van der Waals surface area contributed by atoms with Crippen molar-refractivity contribution in [3.8, 4) is 0 Å². The molecule has 0 aromatic rings. The fourth-order valence-corrected chi connectivity index (χ4v) is 1.41. The molecule has 0 saturated carbocycles. The van der Waals surface area contributed by atoms with Crippen molar-refractivity contribution in [2.24, 2.45) is 5.73 Å². The number of nitrogens with zero attached hydrogens (tertiary/aromatic N) is 1. The van der Waals surface area contributed by atoms with E-state index in [0.29, 0.717) is 13.1 Å². The monoisotopic (exact) mass is 202 g/mol. The predicted octanol–water partition coefficient (Wildman–Crippen LogP) is 0.0469. The summed E-state index contributed by atoms with van der Waals surface area (Å²) in [4.78, 5) is 23.2. The summed E-state index contributed by atoms with van der Waals surface area (Å²) < 4.78 is 0. The first kappa shape index (κ1) is 12.9. The SMILES string of the molecule is CCN(CC)[C@@H](CCC(N)=O)C(=O)O. The first-order valence-electron chi connectivity index (χ1n) is 4.78. The van der Waals surface area contributed by atoms with Gasteiger partial charge in [-0.25, -0.2) is 0 Å². The van der Waals surface area contributed by atoms with Gasteiger partial charge in [0.1, 0.15) is 6.04 Å². The molecular formula is C9H18N2O3. The van der Waals surface area contributed by atoms with E-state index in [0.717, 1.165) is 0 Å². The van der Waals surface area contributed by atoms with E-state index in [4.69, 9.17) is 10.8 Å². The number of carbonyl (C=O) groups is 2. The van der Waals surface area contributed by atoms with E-state index in [1.165, 1.54) is 0 Å². The van der Waals surface area contributed by atoms with Crippen molar-refractivity contribution >= 4 is 11.9 Å². The lowest BCUT2D eigenvalue weighted by Gasteiger charge is -2.25. The van der Waals surface area contributed by atoms with E-state index < -0.39 is 17.9 Å². The number of aliphatic carboxylic acids is 1. The number of amides is 1. The summed E-state index contributed by atoms with van der Waals surface area (Å²) in [6.45, 7) is 5.10. The zero-order chi connectivity index (χ0) is 11.1. The molecule has 0 aliphatic carbocycles. The molecule has 0 aromatic carbocycles. The van der Waals surface area contributed by atoms with E-state index in [-0.39, 0.29) is 12.8 Å². The lowest BCUT2D eigenvalue weighted by atomic mass is 10.1. The zero-order valence-electron chi connectivity index (χ0n) is 8.69. The van der Waals surface area contributed by atoms with Crippen LogP contribution in [-0.2, 0) is 9.59 Å². The molecule has 0 unspecified atom stereocenters. The second-order valence-electron chi connectivity index (χ2n) is 3.08. The molecule has 0 aliphatic rings. The molecule has 1 amide bonds. The maximum atomic E-state index is 10.9. The summed E-state index contributed by atoms with van der Waals surface area (Å²) in [5.41, 5.74) is 4.97. The Morgan fingerprint density at radius 3 is 2.14 bits per heavy atom. The van der Waals surface area contributed by atoms with Crippen molar-refractivity contribution in [3.63, 3.8) is 0 Å². The van der Waals surface area contributed by atoms with Gasteiger partial charge in [-0.15, -0.1) is 0 Å². The lowest BCUT2D eigenvalue weighted by molar-refractivity contribution is -0.143.